The van der Waals surface area contributed by atoms with E-state index in [0.29, 0.717) is 11.7 Å². The van der Waals surface area contributed by atoms with Gasteiger partial charge >= 0.3 is 0 Å². The number of hydrogen-bond acceptors (Lipinski definition) is 4. The Morgan fingerprint density at radius 1 is 1.35 bits per heavy atom. The zero-order valence-corrected chi connectivity index (χ0v) is 11.5. The Labute approximate surface area is 120 Å². The van der Waals surface area contributed by atoms with Crippen molar-refractivity contribution >= 4 is 22.7 Å². The molecule has 0 saturated carbocycles. The fourth-order valence-electron chi connectivity index (χ4n) is 2.70. The van der Waals surface area contributed by atoms with Crippen molar-refractivity contribution in [3.05, 3.63) is 36.4 Å². The lowest BCUT2D eigenvalue weighted by Crippen LogP contribution is -2.12. The summed E-state index contributed by atoms with van der Waals surface area (Å²) >= 11 is 6.18. The molecular weight excluding hydrogens is 276 g/mol. The number of benzene rings is 1. The molecule has 0 aliphatic carbocycles. The largest absolute Gasteiger partial charge is 0.337 e. The topological polar surface area (TPSA) is 55.9 Å². The van der Waals surface area contributed by atoms with Crippen LogP contribution in [0.15, 0.2) is 35.0 Å². The van der Waals surface area contributed by atoms with Gasteiger partial charge in [0.1, 0.15) is 0 Å². The number of hydrogen-bond donors (Lipinski definition) is 1. The van der Waals surface area contributed by atoms with Crippen LogP contribution in [-0.2, 0) is 0 Å². The highest BCUT2D eigenvalue weighted by molar-refractivity contribution is 6.20. The average Bonchev–Trinajstić information content (AvgIpc) is 3.17. The maximum atomic E-state index is 6.18. The normalized spacial score (nSPS) is 18.9. The minimum Gasteiger partial charge on any atom is -0.337 e. The molecule has 2 aromatic heterocycles. The zero-order valence-electron chi connectivity index (χ0n) is 10.7. The second kappa shape index (κ2) is 4.61. The van der Waals surface area contributed by atoms with E-state index in [0.717, 1.165) is 35.9 Å². The Bertz CT molecular complexity index is 757. The molecule has 4 rings (SSSR count). The minimum atomic E-state index is 0.181. The van der Waals surface area contributed by atoms with Crippen molar-refractivity contribution in [3.63, 3.8) is 0 Å². The first-order valence-electron chi connectivity index (χ1n) is 6.66. The number of fused-ring (bicyclic) bond motifs is 1. The standard InChI is InChI=1S/C14H13ClN4O/c15-19-8-10(9-4-1-2-6-12(9)19)13-17-14(20-18-13)11-5-3-7-16-11/h1-2,4,6,8,11,16H,3,5,7H2/t11-/m0/s1. The van der Waals surface area contributed by atoms with Gasteiger partial charge in [-0.1, -0.05) is 23.4 Å². The lowest BCUT2D eigenvalue weighted by molar-refractivity contribution is 0.345. The number of halogens is 1. The smallest absolute Gasteiger partial charge is 0.244 e. The van der Waals surface area contributed by atoms with E-state index in [1.54, 1.807) is 4.09 Å². The van der Waals surface area contributed by atoms with E-state index in [1.807, 2.05) is 30.5 Å². The Morgan fingerprint density at radius 3 is 3.10 bits per heavy atom. The van der Waals surface area contributed by atoms with Crippen LogP contribution in [0.4, 0.5) is 0 Å². The van der Waals surface area contributed by atoms with Crippen LogP contribution in [-0.4, -0.2) is 20.8 Å². The molecule has 1 aliphatic rings. The number of nitrogens with one attached hydrogen (secondary N) is 1. The quantitative estimate of drug-likeness (QED) is 0.787. The van der Waals surface area contributed by atoms with Crippen molar-refractivity contribution in [2.75, 3.05) is 6.54 Å². The van der Waals surface area contributed by atoms with E-state index in [-0.39, 0.29) is 6.04 Å². The van der Waals surface area contributed by atoms with Gasteiger partial charge in [0.25, 0.3) is 0 Å². The van der Waals surface area contributed by atoms with Crippen LogP contribution in [0.3, 0.4) is 0 Å². The van der Waals surface area contributed by atoms with Crippen molar-refractivity contribution < 1.29 is 4.52 Å². The maximum absolute atomic E-state index is 6.18. The van der Waals surface area contributed by atoms with Crippen LogP contribution >= 0.6 is 11.8 Å². The summed E-state index contributed by atoms with van der Waals surface area (Å²) in [5, 5.41) is 8.47. The Hall–Kier alpha value is -1.85. The van der Waals surface area contributed by atoms with Crippen LogP contribution < -0.4 is 5.32 Å². The van der Waals surface area contributed by atoms with Gasteiger partial charge in [0.15, 0.2) is 0 Å². The minimum absolute atomic E-state index is 0.181. The summed E-state index contributed by atoms with van der Waals surface area (Å²) < 4.78 is 6.95. The summed E-state index contributed by atoms with van der Waals surface area (Å²) in [6, 6.07) is 8.08. The predicted octanol–water partition coefficient (Wildman–Crippen LogP) is 3.12. The van der Waals surface area contributed by atoms with Gasteiger partial charge < -0.3 is 9.84 Å². The molecule has 102 valence electrons. The lowest BCUT2D eigenvalue weighted by atomic mass is 10.1. The Morgan fingerprint density at radius 2 is 2.25 bits per heavy atom. The molecule has 6 heteroatoms. The first-order chi connectivity index (χ1) is 9.83. The van der Waals surface area contributed by atoms with Crippen LogP contribution in [0, 0.1) is 0 Å². The van der Waals surface area contributed by atoms with Gasteiger partial charge in [-0.15, -0.1) is 0 Å². The van der Waals surface area contributed by atoms with E-state index < -0.39 is 0 Å². The monoisotopic (exact) mass is 288 g/mol. The summed E-state index contributed by atoms with van der Waals surface area (Å²) in [5.74, 6) is 1.24. The molecule has 1 aliphatic heterocycles. The molecule has 0 amide bonds. The zero-order chi connectivity index (χ0) is 13.5. The number of rotatable bonds is 2. The van der Waals surface area contributed by atoms with Gasteiger partial charge in [-0.25, -0.2) is 0 Å². The first kappa shape index (κ1) is 11.9. The maximum Gasteiger partial charge on any atom is 0.244 e. The SMILES string of the molecule is Cln1cc(-c2noc([C@@H]3CCCN3)n2)c2ccccc21. The fraction of sp³-hybridized carbons (Fsp3) is 0.286. The van der Waals surface area contributed by atoms with Gasteiger partial charge in [-0.05, 0) is 25.5 Å². The van der Waals surface area contributed by atoms with Gasteiger partial charge in [0.2, 0.25) is 11.7 Å². The van der Waals surface area contributed by atoms with E-state index in [2.05, 4.69) is 15.5 Å². The molecule has 1 fully saturated rings. The molecule has 0 unspecified atom stereocenters. The highest BCUT2D eigenvalue weighted by Crippen LogP contribution is 2.31. The molecule has 5 nitrogen and oxygen atoms in total. The van der Waals surface area contributed by atoms with Gasteiger partial charge in [-0.3, -0.25) is 4.09 Å². The number of nitrogens with zero attached hydrogens (tertiary/aromatic N) is 3. The number of aromatic nitrogens is 3. The summed E-state index contributed by atoms with van der Waals surface area (Å²) in [4.78, 5) is 4.51. The molecule has 3 heterocycles. The van der Waals surface area contributed by atoms with Crippen molar-refractivity contribution in [2.24, 2.45) is 0 Å². The van der Waals surface area contributed by atoms with E-state index >= 15 is 0 Å². The second-order valence-electron chi connectivity index (χ2n) is 4.98. The van der Waals surface area contributed by atoms with E-state index in [1.165, 1.54) is 0 Å². The van der Waals surface area contributed by atoms with Crippen molar-refractivity contribution in [1.29, 1.82) is 0 Å². The van der Waals surface area contributed by atoms with Crippen LogP contribution in [0.5, 0.6) is 0 Å². The van der Waals surface area contributed by atoms with Crippen LogP contribution in [0.2, 0.25) is 0 Å². The van der Waals surface area contributed by atoms with Crippen LogP contribution in [0.1, 0.15) is 24.8 Å². The fourth-order valence-corrected chi connectivity index (χ4v) is 2.94. The second-order valence-corrected chi connectivity index (χ2v) is 5.34. The summed E-state index contributed by atoms with van der Waals surface area (Å²) in [6.07, 6.45) is 4.01. The highest BCUT2D eigenvalue weighted by atomic mass is 35.5. The van der Waals surface area contributed by atoms with Gasteiger partial charge in [-0.2, -0.15) is 4.98 Å². The summed E-state index contributed by atoms with van der Waals surface area (Å²) in [7, 11) is 0. The predicted molar refractivity (Wildman–Crippen MR) is 76.5 cm³/mol. The summed E-state index contributed by atoms with van der Waals surface area (Å²) in [6.45, 7) is 1.00. The Kier molecular flexibility index (Phi) is 2.75. The molecule has 1 aromatic carbocycles. The molecule has 0 bridgehead atoms. The van der Waals surface area contributed by atoms with Crippen molar-refractivity contribution in [2.45, 2.75) is 18.9 Å². The number of para-hydroxylation sites is 1. The van der Waals surface area contributed by atoms with Gasteiger partial charge in [0.05, 0.1) is 11.6 Å². The van der Waals surface area contributed by atoms with Crippen LogP contribution in [0.25, 0.3) is 22.3 Å². The molecule has 20 heavy (non-hydrogen) atoms. The summed E-state index contributed by atoms with van der Waals surface area (Å²) in [5.41, 5.74) is 1.83. The molecule has 1 atom stereocenters. The molecule has 1 N–H and O–H groups in total. The molecular formula is C14H13ClN4O. The van der Waals surface area contributed by atoms with E-state index in [4.69, 9.17) is 16.3 Å². The van der Waals surface area contributed by atoms with E-state index in [9.17, 15) is 0 Å². The highest BCUT2D eigenvalue weighted by Gasteiger charge is 2.23. The van der Waals surface area contributed by atoms with Crippen molar-refractivity contribution in [1.82, 2.24) is 19.5 Å². The Balaban J connectivity index is 1.79. The molecule has 0 radical (unpaired) electrons. The molecule has 3 aromatic rings. The third kappa shape index (κ3) is 1.82. The third-order valence-corrected chi connectivity index (χ3v) is 3.99. The molecule has 1 saturated heterocycles. The molecule has 0 spiro atoms. The van der Waals surface area contributed by atoms with Gasteiger partial charge in [0, 0.05) is 28.9 Å². The average molecular weight is 289 g/mol. The van der Waals surface area contributed by atoms with Crippen molar-refractivity contribution in [3.8, 4) is 11.4 Å². The lowest BCUT2D eigenvalue weighted by Gasteiger charge is -2.01. The first-order valence-corrected chi connectivity index (χ1v) is 7.00. The third-order valence-electron chi connectivity index (χ3n) is 3.71.